The molecule has 76 valence electrons. The van der Waals surface area contributed by atoms with Crippen LogP contribution in [0.1, 0.15) is 19.3 Å². The SMILES string of the molecule is OC1CCCC1Oc1ccccc1Br. The molecule has 1 saturated carbocycles. The van der Waals surface area contributed by atoms with Gasteiger partial charge in [-0.1, -0.05) is 12.1 Å². The molecular formula is C11H13BrO2. The smallest absolute Gasteiger partial charge is 0.134 e. The van der Waals surface area contributed by atoms with Crippen molar-refractivity contribution >= 4 is 15.9 Å². The molecule has 0 bridgehead atoms. The van der Waals surface area contributed by atoms with Gasteiger partial charge in [0.1, 0.15) is 11.9 Å². The molecule has 0 aliphatic heterocycles. The van der Waals surface area contributed by atoms with Crippen molar-refractivity contribution in [2.75, 3.05) is 0 Å². The van der Waals surface area contributed by atoms with Crippen molar-refractivity contribution in [2.45, 2.75) is 31.5 Å². The minimum absolute atomic E-state index is 0.0336. The second-order valence-corrected chi connectivity index (χ2v) is 4.44. The molecular weight excluding hydrogens is 244 g/mol. The lowest BCUT2D eigenvalue weighted by atomic mass is 10.2. The molecule has 2 atom stereocenters. The number of aliphatic hydroxyl groups is 1. The van der Waals surface area contributed by atoms with Gasteiger partial charge in [-0.3, -0.25) is 0 Å². The molecule has 0 spiro atoms. The number of aliphatic hydroxyl groups excluding tert-OH is 1. The number of ether oxygens (including phenoxy) is 1. The van der Waals surface area contributed by atoms with Gasteiger partial charge in [0.15, 0.2) is 0 Å². The maximum Gasteiger partial charge on any atom is 0.134 e. The van der Waals surface area contributed by atoms with Gasteiger partial charge in [0, 0.05) is 0 Å². The van der Waals surface area contributed by atoms with Crippen molar-refractivity contribution in [1.82, 2.24) is 0 Å². The summed E-state index contributed by atoms with van der Waals surface area (Å²) >= 11 is 3.42. The molecule has 0 amide bonds. The molecule has 2 nitrogen and oxygen atoms in total. The third-order valence-electron chi connectivity index (χ3n) is 2.53. The highest BCUT2D eigenvalue weighted by Gasteiger charge is 2.27. The Morgan fingerprint density at radius 2 is 2.07 bits per heavy atom. The highest BCUT2D eigenvalue weighted by molar-refractivity contribution is 9.10. The number of hydrogen-bond acceptors (Lipinski definition) is 2. The Labute approximate surface area is 92.0 Å². The molecule has 0 radical (unpaired) electrons. The Hall–Kier alpha value is -0.540. The summed E-state index contributed by atoms with van der Waals surface area (Å²) in [5.41, 5.74) is 0. The van der Waals surface area contributed by atoms with Crippen LogP contribution >= 0.6 is 15.9 Å². The van der Waals surface area contributed by atoms with Gasteiger partial charge in [-0.2, -0.15) is 0 Å². The van der Waals surface area contributed by atoms with Crippen LogP contribution < -0.4 is 4.74 Å². The average molecular weight is 257 g/mol. The first kappa shape index (κ1) is 9.99. The first-order chi connectivity index (χ1) is 6.77. The van der Waals surface area contributed by atoms with Crippen LogP contribution in [-0.4, -0.2) is 17.3 Å². The van der Waals surface area contributed by atoms with E-state index in [4.69, 9.17) is 4.74 Å². The fraction of sp³-hybridized carbons (Fsp3) is 0.455. The highest BCUT2D eigenvalue weighted by atomic mass is 79.9. The fourth-order valence-corrected chi connectivity index (χ4v) is 2.13. The van der Waals surface area contributed by atoms with Gasteiger partial charge in [-0.05, 0) is 47.3 Å². The van der Waals surface area contributed by atoms with Gasteiger partial charge >= 0.3 is 0 Å². The van der Waals surface area contributed by atoms with E-state index < -0.39 is 0 Å². The van der Waals surface area contributed by atoms with E-state index in [9.17, 15) is 5.11 Å². The van der Waals surface area contributed by atoms with Gasteiger partial charge in [0.2, 0.25) is 0 Å². The highest BCUT2D eigenvalue weighted by Crippen LogP contribution is 2.29. The van der Waals surface area contributed by atoms with Crippen LogP contribution in [0.25, 0.3) is 0 Å². The van der Waals surface area contributed by atoms with Crippen molar-refractivity contribution in [3.8, 4) is 5.75 Å². The van der Waals surface area contributed by atoms with E-state index >= 15 is 0 Å². The molecule has 1 N–H and O–H groups in total. The van der Waals surface area contributed by atoms with Crippen LogP contribution in [0.2, 0.25) is 0 Å². The monoisotopic (exact) mass is 256 g/mol. The normalized spacial score (nSPS) is 26.4. The minimum atomic E-state index is -0.304. The summed E-state index contributed by atoms with van der Waals surface area (Å²) in [5.74, 6) is 0.818. The van der Waals surface area contributed by atoms with Crippen molar-refractivity contribution < 1.29 is 9.84 Å². The second-order valence-electron chi connectivity index (χ2n) is 3.58. The Morgan fingerprint density at radius 3 is 2.71 bits per heavy atom. The van der Waals surface area contributed by atoms with Crippen molar-refractivity contribution in [2.24, 2.45) is 0 Å². The predicted octanol–water partition coefficient (Wildman–Crippen LogP) is 2.74. The molecule has 1 aliphatic rings. The molecule has 14 heavy (non-hydrogen) atoms. The third kappa shape index (κ3) is 2.10. The molecule has 2 rings (SSSR count). The Balaban J connectivity index is 2.07. The largest absolute Gasteiger partial charge is 0.487 e. The molecule has 2 unspecified atom stereocenters. The maximum atomic E-state index is 9.60. The van der Waals surface area contributed by atoms with Crippen LogP contribution in [0, 0.1) is 0 Å². The molecule has 0 aromatic heterocycles. The Bertz CT molecular complexity index is 314. The Morgan fingerprint density at radius 1 is 1.29 bits per heavy atom. The molecule has 1 aliphatic carbocycles. The summed E-state index contributed by atoms with van der Waals surface area (Å²) in [6.07, 6.45) is 2.52. The van der Waals surface area contributed by atoms with Crippen LogP contribution in [0.5, 0.6) is 5.75 Å². The zero-order valence-corrected chi connectivity index (χ0v) is 9.40. The molecule has 1 aromatic rings. The van der Waals surface area contributed by atoms with E-state index in [2.05, 4.69) is 15.9 Å². The summed E-state index contributed by atoms with van der Waals surface area (Å²) in [6.45, 7) is 0. The van der Waals surface area contributed by atoms with E-state index in [-0.39, 0.29) is 12.2 Å². The molecule has 3 heteroatoms. The van der Waals surface area contributed by atoms with Crippen molar-refractivity contribution in [1.29, 1.82) is 0 Å². The van der Waals surface area contributed by atoms with Gasteiger partial charge < -0.3 is 9.84 Å². The van der Waals surface area contributed by atoms with Crippen molar-refractivity contribution in [3.05, 3.63) is 28.7 Å². The number of benzene rings is 1. The lowest BCUT2D eigenvalue weighted by molar-refractivity contribution is 0.0599. The van der Waals surface area contributed by atoms with Crippen LogP contribution in [0.3, 0.4) is 0 Å². The van der Waals surface area contributed by atoms with Crippen LogP contribution in [-0.2, 0) is 0 Å². The number of halogens is 1. The van der Waals surface area contributed by atoms with E-state index in [1.807, 2.05) is 24.3 Å². The summed E-state index contributed by atoms with van der Waals surface area (Å²) in [5, 5.41) is 9.60. The first-order valence-corrected chi connectivity index (χ1v) is 5.66. The minimum Gasteiger partial charge on any atom is -0.487 e. The number of para-hydroxylation sites is 1. The van der Waals surface area contributed by atoms with Gasteiger partial charge in [0.25, 0.3) is 0 Å². The lowest BCUT2D eigenvalue weighted by Gasteiger charge is -2.17. The van der Waals surface area contributed by atoms with E-state index in [1.165, 1.54) is 0 Å². The van der Waals surface area contributed by atoms with Crippen LogP contribution in [0.4, 0.5) is 0 Å². The summed E-state index contributed by atoms with van der Waals surface area (Å²) in [6, 6.07) is 7.73. The molecule has 1 aromatic carbocycles. The van der Waals surface area contributed by atoms with Crippen molar-refractivity contribution in [3.63, 3.8) is 0 Å². The fourth-order valence-electron chi connectivity index (χ4n) is 1.75. The standard InChI is InChI=1S/C11H13BrO2/c12-8-4-1-2-6-10(8)14-11-7-3-5-9(11)13/h1-2,4,6,9,11,13H,3,5,7H2. The summed E-state index contributed by atoms with van der Waals surface area (Å²) in [7, 11) is 0. The molecule has 0 heterocycles. The summed E-state index contributed by atoms with van der Waals surface area (Å²) < 4.78 is 6.67. The second kappa shape index (κ2) is 4.32. The maximum absolute atomic E-state index is 9.60. The molecule has 0 saturated heterocycles. The lowest BCUT2D eigenvalue weighted by Crippen LogP contribution is -2.25. The van der Waals surface area contributed by atoms with E-state index in [0.29, 0.717) is 0 Å². The summed E-state index contributed by atoms with van der Waals surface area (Å²) in [4.78, 5) is 0. The quantitative estimate of drug-likeness (QED) is 0.882. The van der Waals surface area contributed by atoms with Crippen LogP contribution in [0.15, 0.2) is 28.7 Å². The van der Waals surface area contributed by atoms with Gasteiger partial charge in [-0.25, -0.2) is 0 Å². The Kier molecular flexibility index (Phi) is 3.08. The predicted molar refractivity (Wildman–Crippen MR) is 58.4 cm³/mol. The average Bonchev–Trinajstić information content (AvgIpc) is 2.56. The number of rotatable bonds is 2. The first-order valence-electron chi connectivity index (χ1n) is 4.86. The number of hydrogen-bond donors (Lipinski definition) is 1. The third-order valence-corrected chi connectivity index (χ3v) is 3.19. The van der Waals surface area contributed by atoms with Gasteiger partial charge in [0.05, 0.1) is 10.6 Å². The van der Waals surface area contributed by atoms with E-state index in [1.54, 1.807) is 0 Å². The molecule has 1 fully saturated rings. The zero-order valence-electron chi connectivity index (χ0n) is 7.82. The van der Waals surface area contributed by atoms with E-state index in [0.717, 1.165) is 29.5 Å². The topological polar surface area (TPSA) is 29.5 Å². The zero-order chi connectivity index (χ0) is 9.97. The van der Waals surface area contributed by atoms with Gasteiger partial charge in [-0.15, -0.1) is 0 Å².